The monoisotopic (exact) mass is 416 g/mol. The first-order chi connectivity index (χ1) is 12.7. The van der Waals surface area contributed by atoms with Gasteiger partial charge in [-0.05, 0) is 62.2 Å². The summed E-state index contributed by atoms with van der Waals surface area (Å²) in [5.74, 6) is 0.961. The van der Waals surface area contributed by atoms with E-state index < -0.39 is 0 Å². The maximum Gasteiger partial charge on any atom is 0.124 e. The number of hydrogen-bond donors (Lipinski definition) is 1. The standard InChI is InChI=1S/C22H29BrN2O/c1-3-25-12-6-9-21(25)15-24-14-19-13-20(23)10-11-22(19)26-16-18-8-5-4-7-17(18)2/h4-5,7-8,10-11,13,21,24H,3,6,9,12,14-16H2,1-2H3. The number of halogens is 1. The summed E-state index contributed by atoms with van der Waals surface area (Å²) in [4.78, 5) is 2.57. The van der Waals surface area contributed by atoms with E-state index in [9.17, 15) is 0 Å². The van der Waals surface area contributed by atoms with E-state index in [1.807, 2.05) is 6.07 Å². The molecule has 0 spiro atoms. The molecule has 3 rings (SSSR count). The summed E-state index contributed by atoms with van der Waals surface area (Å²) in [5.41, 5.74) is 3.71. The minimum absolute atomic E-state index is 0.605. The Morgan fingerprint density at radius 1 is 1.19 bits per heavy atom. The van der Waals surface area contributed by atoms with Crippen molar-refractivity contribution < 1.29 is 4.74 Å². The molecule has 0 amide bonds. The molecule has 26 heavy (non-hydrogen) atoms. The van der Waals surface area contributed by atoms with Crippen molar-refractivity contribution in [1.29, 1.82) is 0 Å². The molecule has 4 heteroatoms. The summed E-state index contributed by atoms with van der Waals surface area (Å²) >= 11 is 3.59. The molecular weight excluding hydrogens is 388 g/mol. The highest BCUT2D eigenvalue weighted by Crippen LogP contribution is 2.25. The average Bonchev–Trinajstić information content (AvgIpc) is 3.10. The molecule has 3 nitrogen and oxygen atoms in total. The molecule has 140 valence electrons. The molecule has 1 N–H and O–H groups in total. The van der Waals surface area contributed by atoms with Crippen LogP contribution in [0.3, 0.4) is 0 Å². The predicted molar refractivity (Wildman–Crippen MR) is 112 cm³/mol. The van der Waals surface area contributed by atoms with E-state index in [1.54, 1.807) is 0 Å². The van der Waals surface area contributed by atoms with Crippen LogP contribution in [0.15, 0.2) is 46.9 Å². The third-order valence-electron chi connectivity index (χ3n) is 5.27. The molecule has 1 heterocycles. The molecule has 0 aliphatic carbocycles. The lowest BCUT2D eigenvalue weighted by atomic mass is 10.1. The van der Waals surface area contributed by atoms with Crippen LogP contribution < -0.4 is 10.1 Å². The largest absolute Gasteiger partial charge is 0.489 e. The Balaban J connectivity index is 1.59. The van der Waals surface area contributed by atoms with Gasteiger partial charge in [-0.2, -0.15) is 0 Å². The van der Waals surface area contributed by atoms with Gasteiger partial charge >= 0.3 is 0 Å². The van der Waals surface area contributed by atoms with Gasteiger partial charge in [-0.3, -0.25) is 4.90 Å². The predicted octanol–water partition coefficient (Wildman–Crippen LogP) is 4.91. The molecule has 0 aromatic heterocycles. The normalized spacial score (nSPS) is 17.6. The van der Waals surface area contributed by atoms with Crippen LogP contribution in [0, 0.1) is 6.92 Å². The zero-order valence-electron chi connectivity index (χ0n) is 15.8. The third-order valence-corrected chi connectivity index (χ3v) is 5.76. The number of rotatable bonds is 8. The fraction of sp³-hybridized carbons (Fsp3) is 0.455. The summed E-state index contributed by atoms with van der Waals surface area (Å²) < 4.78 is 7.24. The van der Waals surface area contributed by atoms with Gasteiger partial charge in [0.25, 0.3) is 0 Å². The van der Waals surface area contributed by atoms with Crippen LogP contribution in [0.5, 0.6) is 5.75 Å². The van der Waals surface area contributed by atoms with Crippen LogP contribution in [-0.4, -0.2) is 30.6 Å². The van der Waals surface area contributed by atoms with E-state index in [1.165, 1.54) is 36.1 Å². The van der Waals surface area contributed by atoms with Crippen molar-refractivity contribution in [3.8, 4) is 5.75 Å². The van der Waals surface area contributed by atoms with Crippen LogP contribution >= 0.6 is 15.9 Å². The van der Waals surface area contributed by atoms with Crippen molar-refractivity contribution in [3.05, 3.63) is 63.6 Å². The first-order valence-corrected chi connectivity index (χ1v) is 10.4. The second-order valence-electron chi connectivity index (χ2n) is 7.02. The second kappa shape index (κ2) is 9.54. The van der Waals surface area contributed by atoms with Crippen molar-refractivity contribution in [2.75, 3.05) is 19.6 Å². The summed E-state index contributed by atoms with van der Waals surface area (Å²) in [7, 11) is 0. The van der Waals surface area contributed by atoms with Gasteiger partial charge in [-0.1, -0.05) is 47.1 Å². The van der Waals surface area contributed by atoms with E-state index in [0.717, 1.165) is 29.9 Å². The number of aryl methyl sites for hydroxylation is 1. The zero-order valence-corrected chi connectivity index (χ0v) is 17.4. The summed E-state index contributed by atoms with van der Waals surface area (Å²) in [6.45, 7) is 9.24. The molecule has 1 fully saturated rings. The van der Waals surface area contributed by atoms with Gasteiger partial charge < -0.3 is 10.1 Å². The lowest BCUT2D eigenvalue weighted by molar-refractivity contribution is 0.259. The first-order valence-electron chi connectivity index (χ1n) is 9.58. The van der Waals surface area contributed by atoms with Crippen LogP contribution in [0.1, 0.15) is 36.5 Å². The summed E-state index contributed by atoms with van der Waals surface area (Å²) in [5, 5.41) is 3.64. The molecular formula is C22H29BrN2O. The van der Waals surface area contributed by atoms with Crippen LogP contribution in [0.4, 0.5) is 0 Å². The van der Waals surface area contributed by atoms with Crippen molar-refractivity contribution in [2.45, 2.75) is 45.9 Å². The van der Waals surface area contributed by atoms with Gasteiger partial charge in [0, 0.05) is 29.2 Å². The molecule has 1 atom stereocenters. The number of benzene rings is 2. The van der Waals surface area contributed by atoms with Crippen LogP contribution in [0.25, 0.3) is 0 Å². The number of nitrogens with one attached hydrogen (secondary N) is 1. The number of nitrogens with zero attached hydrogens (tertiary/aromatic N) is 1. The summed E-state index contributed by atoms with van der Waals surface area (Å²) in [6, 6.07) is 15.3. The number of hydrogen-bond acceptors (Lipinski definition) is 3. The van der Waals surface area contributed by atoms with Crippen molar-refractivity contribution in [2.24, 2.45) is 0 Å². The Morgan fingerprint density at radius 2 is 2.04 bits per heavy atom. The van der Waals surface area contributed by atoms with Crippen LogP contribution in [0.2, 0.25) is 0 Å². The fourth-order valence-corrected chi connectivity index (χ4v) is 4.08. The van der Waals surface area contributed by atoms with Crippen molar-refractivity contribution in [3.63, 3.8) is 0 Å². The Bertz CT molecular complexity index is 719. The van der Waals surface area contributed by atoms with Gasteiger partial charge in [0.2, 0.25) is 0 Å². The lowest BCUT2D eigenvalue weighted by Gasteiger charge is -2.23. The molecule has 2 aromatic carbocycles. The average molecular weight is 417 g/mol. The minimum Gasteiger partial charge on any atom is -0.489 e. The second-order valence-corrected chi connectivity index (χ2v) is 7.94. The molecule has 0 bridgehead atoms. The topological polar surface area (TPSA) is 24.5 Å². The number of likely N-dealkylation sites (N-methyl/N-ethyl adjacent to an activating group) is 1. The van der Waals surface area contributed by atoms with Gasteiger partial charge in [0.05, 0.1) is 0 Å². The van der Waals surface area contributed by atoms with Gasteiger partial charge in [-0.25, -0.2) is 0 Å². The summed E-state index contributed by atoms with van der Waals surface area (Å²) in [6.07, 6.45) is 2.62. The highest BCUT2D eigenvalue weighted by Gasteiger charge is 2.22. The number of ether oxygens (including phenoxy) is 1. The van der Waals surface area contributed by atoms with E-state index in [2.05, 4.69) is 76.4 Å². The lowest BCUT2D eigenvalue weighted by Crippen LogP contribution is -2.37. The number of likely N-dealkylation sites (tertiary alicyclic amines) is 1. The zero-order chi connectivity index (χ0) is 18.4. The maximum absolute atomic E-state index is 6.15. The minimum atomic E-state index is 0.605. The fourth-order valence-electron chi connectivity index (χ4n) is 3.67. The Hall–Kier alpha value is -1.36. The van der Waals surface area contributed by atoms with E-state index in [-0.39, 0.29) is 0 Å². The SMILES string of the molecule is CCN1CCCC1CNCc1cc(Br)ccc1OCc1ccccc1C. The van der Waals surface area contributed by atoms with E-state index in [4.69, 9.17) is 4.74 Å². The maximum atomic E-state index is 6.15. The van der Waals surface area contributed by atoms with E-state index in [0.29, 0.717) is 12.6 Å². The highest BCUT2D eigenvalue weighted by molar-refractivity contribution is 9.10. The highest BCUT2D eigenvalue weighted by atomic mass is 79.9. The van der Waals surface area contributed by atoms with E-state index >= 15 is 0 Å². The van der Waals surface area contributed by atoms with Crippen molar-refractivity contribution in [1.82, 2.24) is 10.2 Å². The third kappa shape index (κ3) is 5.09. The first kappa shape index (κ1) is 19.4. The van der Waals surface area contributed by atoms with Gasteiger partial charge in [-0.15, -0.1) is 0 Å². The molecule has 1 unspecified atom stereocenters. The van der Waals surface area contributed by atoms with Crippen molar-refractivity contribution >= 4 is 15.9 Å². The van der Waals surface area contributed by atoms with Gasteiger partial charge in [0.15, 0.2) is 0 Å². The molecule has 2 aromatic rings. The molecule has 1 aliphatic heterocycles. The molecule has 0 saturated carbocycles. The molecule has 1 saturated heterocycles. The van der Waals surface area contributed by atoms with Crippen LogP contribution in [-0.2, 0) is 13.2 Å². The molecule has 1 aliphatic rings. The molecule has 0 radical (unpaired) electrons. The Kier molecular flexibility index (Phi) is 7.12. The van der Waals surface area contributed by atoms with Gasteiger partial charge in [0.1, 0.15) is 12.4 Å². The Labute approximate surface area is 165 Å². The smallest absolute Gasteiger partial charge is 0.124 e. The Morgan fingerprint density at radius 3 is 2.85 bits per heavy atom. The quantitative estimate of drug-likeness (QED) is 0.661.